The molecule has 2 aliphatic rings. The van der Waals surface area contributed by atoms with Gasteiger partial charge in [-0.1, -0.05) is 13.8 Å². The Morgan fingerprint density at radius 2 is 1.26 bits per heavy atom. The third-order valence-corrected chi connectivity index (χ3v) is 5.61. The summed E-state index contributed by atoms with van der Waals surface area (Å²) in [6, 6.07) is 0. The quantitative estimate of drug-likeness (QED) is 0.484. The van der Waals surface area contributed by atoms with Crippen molar-refractivity contribution in [1.82, 2.24) is 9.80 Å². The molecule has 0 radical (unpaired) electrons. The van der Waals surface area contributed by atoms with Crippen LogP contribution < -0.4 is 0 Å². The predicted octanol–water partition coefficient (Wildman–Crippen LogP) is 2.71. The molecule has 0 bridgehead atoms. The summed E-state index contributed by atoms with van der Waals surface area (Å²) in [7, 11) is 0. The predicted molar refractivity (Wildman–Crippen MR) is 105 cm³/mol. The Labute approximate surface area is 164 Å². The van der Waals surface area contributed by atoms with E-state index in [0.717, 1.165) is 63.9 Å². The monoisotopic (exact) mass is 382 g/mol. The highest BCUT2D eigenvalue weighted by molar-refractivity contribution is 5.69. The van der Waals surface area contributed by atoms with E-state index in [1.54, 1.807) is 0 Å². The van der Waals surface area contributed by atoms with Crippen LogP contribution in [0, 0.1) is 11.8 Å². The summed E-state index contributed by atoms with van der Waals surface area (Å²) in [6.45, 7) is 11.2. The lowest BCUT2D eigenvalue weighted by Gasteiger charge is -2.19. The van der Waals surface area contributed by atoms with Crippen molar-refractivity contribution in [3.05, 3.63) is 0 Å². The number of rotatable bonds is 12. The van der Waals surface area contributed by atoms with Crippen molar-refractivity contribution in [2.45, 2.75) is 58.8 Å². The van der Waals surface area contributed by atoms with Gasteiger partial charge in [-0.25, -0.2) is 0 Å². The highest BCUT2D eigenvalue weighted by atomic mass is 16.5. The Kier molecular flexibility index (Phi) is 10.1. The maximum atomic E-state index is 11.6. The van der Waals surface area contributed by atoms with Gasteiger partial charge in [0.05, 0.1) is 26.1 Å². The highest BCUT2D eigenvalue weighted by Gasteiger charge is 2.29. The summed E-state index contributed by atoms with van der Waals surface area (Å²) in [5.41, 5.74) is 0. The first kappa shape index (κ1) is 22.2. The lowest BCUT2D eigenvalue weighted by atomic mass is 9.93. The van der Waals surface area contributed by atoms with Gasteiger partial charge >= 0.3 is 11.9 Å². The first-order valence-electron chi connectivity index (χ1n) is 10.9. The minimum Gasteiger partial charge on any atom is -0.466 e. The number of esters is 2. The third kappa shape index (κ3) is 8.60. The van der Waals surface area contributed by atoms with Crippen LogP contribution >= 0.6 is 0 Å². The van der Waals surface area contributed by atoms with Crippen molar-refractivity contribution >= 4 is 11.9 Å². The van der Waals surface area contributed by atoms with Gasteiger partial charge in [0.1, 0.15) is 0 Å². The van der Waals surface area contributed by atoms with Crippen LogP contribution in [0.1, 0.15) is 58.8 Å². The van der Waals surface area contributed by atoms with Crippen LogP contribution in [0.2, 0.25) is 0 Å². The van der Waals surface area contributed by atoms with Crippen molar-refractivity contribution in [2.24, 2.45) is 11.8 Å². The average Bonchev–Trinajstić information content (AvgIpc) is 3.31. The van der Waals surface area contributed by atoms with E-state index >= 15 is 0 Å². The molecule has 0 spiro atoms. The Morgan fingerprint density at radius 3 is 1.67 bits per heavy atom. The normalized spacial score (nSPS) is 23.6. The first-order valence-corrected chi connectivity index (χ1v) is 10.9. The van der Waals surface area contributed by atoms with Gasteiger partial charge in [-0.15, -0.1) is 0 Å². The van der Waals surface area contributed by atoms with Crippen LogP contribution in [0.3, 0.4) is 0 Å². The Morgan fingerprint density at radius 1 is 0.815 bits per heavy atom. The van der Waals surface area contributed by atoms with E-state index in [4.69, 9.17) is 9.47 Å². The summed E-state index contributed by atoms with van der Waals surface area (Å²) in [6.07, 6.45) is 6.54. The molecule has 0 aromatic heterocycles. The van der Waals surface area contributed by atoms with Gasteiger partial charge in [-0.05, 0) is 57.0 Å². The van der Waals surface area contributed by atoms with E-state index in [1.807, 2.05) is 13.8 Å². The second-order valence-corrected chi connectivity index (χ2v) is 8.09. The van der Waals surface area contributed by atoms with Gasteiger partial charge in [0.2, 0.25) is 0 Å². The molecular weight excluding hydrogens is 344 g/mol. The van der Waals surface area contributed by atoms with Crippen molar-refractivity contribution in [2.75, 3.05) is 52.5 Å². The molecule has 0 N–H and O–H groups in total. The molecule has 0 saturated carbocycles. The van der Waals surface area contributed by atoms with E-state index in [1.165, 1.54) is 19.3 Å². The second kappa shape index (κ2) is 12.3. The number of nitrogens with zero attached hydrogens (tertiary/aromatic N) is 2. The summed E-state index contributed by atoms with van der Waals surface area (Å²) in [4.78, 5) is 28.1. The number of carbonyl (C=O) groups excluding carboxylic acids is 2. The molecule has 6 heteroatoms. The van der Waals surface area contributed by atoms with E-state index in [-0.39, 0.29) is 11.9 Å². The van der Waals surface area contributed by atoms with Gasteiger partial charge in [0.25, 0.3) is 0 Å². The molecule has 156 valence electrons. The van der Waals surface area contributed by atoms with Crippen LogP contribution in [-0.4, -0.2) is 74.2 Å². The molecule has 2 unspecified atom stereocenters. The molecule has 2 rings (SSSR count). The van der Waals surface area contributed by atoms with E-state index in [2.05, 4.69) is 9.80 Å². The SMILES string of the molecule is CCCOC(=O)CCN1CCC(CC2CCN(CCC(=O)OCCC)C2)C1. The number of ether oxygens (including phenoxy) is 2. The maximum absolute atomic E-state index is 11.6. The van der Waals surface area contributed by atoms with E-state index in [0.29, 0.717) is 26.1 Å². The molecule has 2 atom stereocenters. The summed E-state index contributed by atoms with van der Waals surface area (Å²) < 4.78 is 10.3. The fourth-order valence-corrected chi connectivity index (χ4v) is 4.16. The van der Waals surface area contributed by atoms with Gasteiger partial charge in [0, 0.05) is 26.2 Å². The minimum atomic E-state index is -0.0656. The van der Waals surface area contributed by atoms with Crippen molar-refractivity contribution in [1.29, 1.82) is 0 Å². The number of likely N-dealkylation sites (tertiary alicyclic amines) is 2. The molecule has 0 amide bonds. The molecule has 6 nitrogen and oxygen atoms in total. The Bertz CT molecular complexity index is 417. The lowest BCUT2D eigenvalue weighted by molar-refractivity contribution is -0.144. The van der Waals surface area contributed by atoms with E-state index in [9.17, 15) is 9.59 Å². The van der Waals surface area contributed by atoms with Crippen LogP contribution in [0.15, 0.2) is 0 Å². The smallest absolute Gasteiger partial charge is 0.307 e. The van der Waals surface area contributed by atoms with Crippen LogP contribution in [-0.2, 0) is 19.1 Å². The van der Waals surface area contributed by atoms with Crippen LogP contribution in [0.5, 0.6) is 0 Å². The average molecular weight is 383 g/mol. The fraction of sp³-hybridized carbons (Fsp3) is 0.905. The van der Waals surface area contributed by atoms with E-state index < -0.39 is 0 Å². The van der Waals surface area contributed by atoms with Gasteiger partial charge in [0.15, 0.2) is 0 Å². The first-order chi connectivity index (χ1) is 13.1. The maximum Gasteiger partial charge on any atom is 0.307 e. The second-order valence-electron chi connectivity index (χ2n) is 8.09. The molecule has 2 fully saturated rings. The van der Waals surface area contributed by atoms with Crippen LogP contribution in [0.4, 0.5) is 0 Å². The highest BCUT2D eigenvalue weighted by Crippen LogP contribution is 2.29. The van der Waals surface area contributed by atoms with Crippen molar-refractivity contribution in [3.8, 4) is 0 Å². The fourth-order valence-electron chi connectivity index (χ4n) is 4.16. The molecule has 0 aromatic carbocycles. The molecule has 27 heavy (non-hydrogen) atoms. The number of carbonyl (C=O) groups is 2. The molecule has 2 heterocycles. The largest absolute Gasteiger partial charge is 0.466 e. The lowest BCUT2D eigenvalue weighted by Crippen LogP contribution is -2.26. The topological polar surface area (TPSA) is 59.1 Å². The zero-order valence-corrected chi connectivity index (χ0v) is 17.3. The molecular formula is C21H38N2O4. The summed E-state index contributed by atoms with van der Waals surface area (Å²) in [5.74, 6) is 1.36. The molecule has 2 saturated heterocycles. The minimum absolute atomic E-state index is 0.0656. The van der Waals surface area contributed by atoms with Crippen LogP contribution in [0.25, 0.3) is 0 Å². The summed E-state index contributed by atoms with van der Waals surface area (Å²) >= 11 is 0. The zero-order valence-electron chi connectivity index (χ0n) is 17.3. The number of hydrogen-bond donors (Lipinski definition) is 0. The number of hydrogen-bond acceptors (Lipinski definition) is 6. The zero-order chi connectivity index (χ0) is 19.5. The molecule has 2 aliphatic heterocycles. The molecule has 0 aliphatic carbocycles. The summed E-state index contributed by atoms with van der Waals surface area (Å²) in [5, 5.41) is 0. The Balaban J connectivity index is 1.56. The van der Waals surface area contributed by atoms with Crippen molar-refractivity contribution < 1.29 is 19.1 Å². The Hall–Kier alpha value is -1.14. The van der Waals surface area contributed by atoms with Gasteiger partial charge in [-0.3, -0.25) is 9.59 Å². The van der Waals surface area contributed by atoms with Gasteiger partial charge < -0.3 is 19.3 Å². The third-order valence-electron chi connectivity index (χ3n) is 5.61. The van der Waals surface area contributed by atoms with Crippen molar-refractivity contribution in [3.63, 3.8) is 0 Å². The molecule has 0 aromatic rings. The standard InChI is InChI=1S/C21H38N2O4/c1-3-13-26-20(24)7-11-22-9-5-18(16-22)15-19-6-10-23(17-19)12-8-21(25)27-14-4-2/h18-19H,3-17H2,1-2H3. The van der Waals surface area contributed by atoms with Gasteiger partial charge in [-0.2, -0.15) is 0 Å².